The van der Waals surface area contributed by atoms with Crippen LogP contribution in [0.5, 0.6) is 0 Å². The normalized spacial score (nSPS) is 13.2. The van der Waals surface area contributed by atoms with Crippen molar-refractivity contribution in [1.29, 1.82) is 0 Å². The average Bonchev–Trinajstić information content (AvgIpc) is 2.25. The second kappa shape index (κ2) is 5.11. The third kappa shape index (κ3) is 2.95. The van der Waals surface area contributed by atoms with Crippen molar-refractivity contribution < 1.29 is 19.8 Å². The predicted molar refractivity (Wildman–Crippen MR) is 58.2 cm³/mol. The Hall–Kier alpha value is -2.10. The van der Waals surface area contributed by atoms with Gasteiger partial charge in [0.2, 0.25) is 0 Å². The smallest absolute Gasteiger partial charge is 0.332 e. The van der Waals surface area contributed by atoms with Gasteiger partial charge in [0.1, 0.15) is 0 Å². The molecule has 1 unspecified atom stereocenters. The van der Waals surface area contributed by atoms with Gasteiger partial charge in [-0.15, -0.1) is 0 Å². The SMILES string of the molecule is CC(/C(=C/C(=O)O)C(=O)O)c1ccccc1. The summed E-state index contributed by atoms with van der Waals surface area (Å²) in [5, 5.41) is 17.5. The summed E-state index contributed by atoms with van der Waals surface area (Å²) in [6.45, 7) is 1.66. The molecule has 1 aromatic rings. The lowest BCUT2D eigenvalue weighted by Gasteiger charge is -2.11. The lowest BCUT2D eigenvalue weighted by molar-refractivity contribution is -0.135. The third-order valence-corrected chi connectivity index (χ3v) is 2.29. The first kappa shape index (κ1) is 12.0. The van der Waals surface area contributed by atoms with Crippen LogP contribution >= 0.6 is 0 Å². The minimum Gasteiger partial charge on any atom is -0.478 e. The van der Waals surface area contributed by atoms with Crippen LogP contribution in [0.1, 0.15) is 18.4 Å². The molecule has 0 bridgehead atoms. The van der Waals surface area contributed by atoms with E-state index >= 15 is 0 Å². The number of aliphatic carboxylic acids is 2. The molecule has 0 aromatic heterocycles. The van der Waals surface area contributed by atoms with Crippen LogP contribution in [0.3, 0.4) is 0 Å². The highest BCUT2D eigenvalue weighted by Crippen LogP contribution is 2.23. The summed E-state index contributed by atoms with van der Waals surface area (Å²) in [5.74, 6) is -2.91. The minimum absolute atomic E-state index is 0.126. The predicted octanol–water partition coefficient (Wildman–Crippen LogP) is 1.89. The van der Waals surface area contributed by atoms with Gasteiger partial charge in [-0.05, 0) is 5.56 Å². The van der Waals surface area contributed by atoms with Gasteiger partial charge in [-0.25, -0.2) is 9.59 Å². The molecule has 0 aliphatic heterocycles. The lowest BCUT2D eigenvalue weighted by Crippen LogP contribution is -2.10. The molecule has 1 aromatic carbocycles. The highest BCUT2D eigenvalue weighted by Gasteiger charge is 2.18. The molecular weight excluding hydrogens is 208 g/mol. The Bertz CT molecular complexity index is 420. The van der Waals surface area contributed by atoms with E-state index in [9.17, 15) is 9.59 Å². The Morgan fingerprint density at radius 1 is 1.19 bits per heavy atom. The highest BCUT2D eigenvalue weighted by atomic mass is 16.4. The maximum absolute atomic E-state index is 10.9. The Kier molecular flexibility index (Phi) is 3.83. The summed E-state index contributed by atoms with van der Waals surface area (Å²) < 4.78 is 0. The van der Waals surface area contributed by atoms with E-state index in [4.69, 9.17) is 10.2 Å². The maximum Gasteiger partial charge on any atom is 0.332 e. The molecular formula is C12H12O4. The summed E-state index contributed by atoms with van der Waals surface area (Å²) in [6, 6.07) is 8.92. The number of benzene rings is 1. The highest BCUT2D eigenvalue weighted by molar-refractivity contribution is 5.95. The number of carbonyl (C=O) groups is 2. The van der Waals surface area contributed by atoms with E-state index in [0.29, 0.717) is 0 Å². The van der Waals surface area contributed by atoms with Gasteiger partial charge < -0.3 is 10.2 Å². The zero-order valence-corrected chi connectivity index (χ0v) is 8.75. The first-order chi connectivity index (χ1) is 7.52. The molecule has 4 heteroatoms. The zero-order valence-electron chi connectivity index (χ0n) is 8.75. The molecule has 0 heterocycles. The van der Waals surface area contributed by atoms with E-state index in [1.165, 1.54) is 0 Å². The molecule has 0 radical (unpaired) electrons. The maximum atomic E-state index is 10.9. The number of hydrogen-bond donors (Lipinski definition) is 2. The Balaban J connectivity index is 3.06. The first-order valence-electron chi connectivity index (χ1n) is 4.75. The van der Waals surface area contributed by atoms with E-state index in [0.717, 1.165) is 11.6 Å². The summed E-state index contributed by atoms with van der Waals surface area (Å²) in [4.78, 5) is 21.4. The number of carboxylic acids is 2. The van der Waals surface area contributed by atoms with Crippen molar-refractivity contribution in [3.63, 3.8) is 0 Å². The standard InChI is InChI=1S/C12H12O4/c1-8(9-5-3-2-4-6-9)10(12(15)16)7-11(13)14/h2-8H,1H3,(H,13,14)(H,15,16)/b10-7-. The van der Waals surface area contributed by atoms with Crippen LogP contribution < -0.4 is 0 Å². The number of carboxylic acid groups (broad SMARTS) is 2. The van der Waals surface area contributed by atoms with Crippen LogP contribution in [0.15, 0.2) is 42.0 Å². The zero-order chi connectivity index (χ0) is 12.1. The van der Waals surface area contributed by atoms with Gasteiger partial charge in [0.05, 0.1) is 5.57 Å². The Labute approximate surface area is 92.8 Å². The molecule has 0 aliphatic rings. The van der Waals surface area contributed by atoms with E-state index in [1.807, 2.05) is 6.07 Å². The van der Waals surface area contributed by atoms with Gasteiger partial charge in [-0.1, -0.05) is 37.3 Å². The second-order valence-corrected chi connectivity index (χ2v) is 3.38. The van der Waals surface area contributed by atoms with Crippen molar-refractivity contribution in [2.45, 2.75) is 12.8 Å². The van der Waals surface area contributed by atoms with Crippen molar-refractivity contribution in [3.8, 4) is 0 Å². The van der Waals surface area contributed by atoms with Gasteiger partial charge in [-0.3, -0.25) is 0 Å². The van der Waals surface area contributed by atoms with Crippen LogP contribution in [0.2, 0.25) is 0 Å². The summed E-state index contributed by atoms with van der Waals surface area (Å²) in [7, 11) is 0. The number of rotatable bonds is 4. The van der Waals surface area contributed by atoms with Gasteiger partial charge in [0.25, 0.3) is 0 Å². The fourth-order valence-corrected chi connectivity index (χ4v) is 1.43. The van der Waals surface area contributed by atoms with Crippen molar-refractivity contribution in [2.24, 2.45) is 0 Å². The van der Waals surface area contributed by atoms with Gasteiger partial charge in [-0.2, -0.15) is 0 Å². The fraction of sp³-hybridized carbons (Fsp3) is 0.167. The topological polar surface area (TPSA) is 74.6 Å². The van der Waals surface area contributed by atoms with Crippen LogP contribution in [0.4, 0.5) is 0 Å². The van der Waals surface area contributed by atoms with Crippen LogP contribution in [-0.4, -0.2) is 22.2 Å². The monoisotopic (exact) mass is 220 g/mol. The largest absolute Gasteiger partial charge is 0.478 e. The quantitative estimate of drug-likeness (QED) is 0.760. The summed E-state index contributed by atoms with van der Waals surface area (Å²) in [6.07, 6.45) is 0.736. The Morgan fingerprint density at radius 2 is 1.75 bits per heavy atom. The van der Waals surface area contributed by atoms with Gasteiger partial charge in [0, 0.05) is 12.0 Å². The average molecular weight is 220 g/mol. The van der Waals surface area contributed by atoms with E-state index in [-0.39, 0.29) is 5.57 Å². The molecule has 0 saturated heterocycles. The molecule has 0 saturated carbocycles. The molecule has 1 rings (SSSR count). The van der Waals surface area contributed by atoms with Crippen molar-refractivity contribution in [2.75, 3.05) is 0 Å². The van der Waals surface area contributed by atoms with E-state index in [2.05, 4.69) is 0 Å². The molecule has 84 valence electrons. The third-order valence-electron chi connectivity index (χ3n) is 2.29. The molecule has 16 heavy (non-hydrogen) atoms. The van der Waals surface area contributed by atoms with Crippen LogP contribution in [-0.2, 0) is 9.59 Å². The molecule has 0 amide bonds. The summed E-state index contributed by atoms with van der Waals surface area (Å²) >= 11 is 0. The van der Waals surface area contributed by atoms with Gasteiger partial charge >= 0.3 is 11.9 Å². The number of hydrogen-bond acceptors (Lipinski definition) is 2. The molecule has 1 atom stereocenters. The fourth-order valence-electron chi connectivity index (χ4n) is 1.43. The van der Waals surface area contributed by atoms with E-state index < -0.39 is 17.9 Å². The first-order valence-corrected chi connectivity index (χ1v) is 4.75. The molecule has 0 fully saturated rings. The van der Waals surface area contributed by atoms with Crippen molar-refractivity contribution in [1.82, 2.24) is 0 Å². The minimum atomic E-state index is -1.25. The molecule has 0 aliphatic carbocycles. The van der Waals surface area contributed by atoms with Crippen LogP contribution in [0.25, 0.3) is 0 Å². The lowest BCUT2D eigenvalue weighted by atomic mass is 9.92. The van der Waals surface area contributed by atoms with Crippen LogP contribution in [0, 0.1) is 0 Å². The second-order valence-electron chi connectivity index (χ2n) is 3.38. The molecule has 0 spiro atoms. The van der Waals surface area contributed by atoms with Crippen molar-refractivity contribution in [3.05, 3.63) is 47.5 Å². The van der Waals surface area contributed by atoms with Gasteiger partial charge in [0.15, 0.2) is 0 Å². The molecule has 4 nitrogen and oxygen atoms in total. The van der Waals surface area contributed by atoms with E-state index in [1.54, 1.807) is 31.2 Å². The Morgan fingerprint density at radius 3 is 2.19 bits per heavy atom. The molecule has 2 N–H and O–H groups in total. The van der Waals surface area contributed by atoms with Crippen molar-refractivity contribution >= 4 is 11.9 Å². The summed E-state index contributed by atoms with van der Waals surface area (Å²) in [5.41, 5.74) is 0.649.